The molecule has 0 amide bonds. The summed E-state index contributed by atoms with van der Waals surface area (Å²) < 4.78 is 0. The van der Waals surface area contributed by atoms with Crippen molar-refractivity contribution in [1.82, 2.24) is 9.97 Å². The molecule has 0 saturated carbocycles. The Morgan fingerprint density at radius 1 is 0.792 bits per heavy atom. The van der Waals surface area contributed by atoms with E-state index in [4.69, 9.17) is 10.5 Å². The highest BCUT2D eigenvalue weighted by Gasteiger charge is 2.33. The van der Waals surface area contributed by atoms with Gasteiger partial charge in [0.05, 0.1) is 17.3 Å². The van der Waals surface area contributed by atoms with Gasteiger partial charge in [0.15, 0.2) is 11.4 Å². The zero-order valence-electron chi connectivity index (χ0n) is 11.9. The van der Waals surface area contributed by atoms with Crippen molar-refractivity contribution in [2.24, 2.45) is 0 Å². The third-order valence-electron chi connectivity index (χ3n) is 3.51. The van der Waals surface area contributed by atoms with Crippen LogP contribution in [-0.4, -0.2) is 9.97 Å². The molecular formula is C17H3N7. The Kier molecular flexibility index (Phi) is 3.22. The van der Waals surface area contributed by atoms with Crippen molar-refractivity contribution in [2.45, 2.75) is 0 Å². The van der Waals surface area contributed by atoms with Crippen LogP contribution >= 0.6 is 0 Å². The van der Waals surface area contributed by atoms with E-state index in [0.29, 0.717) is 11.1 Å². The third kappa shape index (κ3) is 1.79. The predicted molar refractivity (Wildman–Crippen MR) is 78.9 cm³/mol. The van der Waals surface area contributed by atoms with Gasteiger partial charge in [-0.2, -0.15) is 26.3 Å². The molecule has 7 nitrogen and oxygen atoms in total. The summed E-state index contributed by atoms with van der Waals surface area (Å²) in [4.78, 5) is 8.27. The Morgan fingerprint density at radius 3 is 1.96 bits per heavy atom. The quantitative estimate of drug-likeness (QED) is 0.576. The molecule has 0 fully saturated rings. The largest absolute Gasteiger partial charge is 0.232 e. The second-order valence-electron chi connectivity index (χ2n) is 4.66. The van der Waals surface area contributed by atoms with E-state index in [2.05, 4.69) is 9.97 Å². The second-order valence-corrected chi connectivity index (χ2v) is 4.66. The highest BCUT2D eigenvalue weighted by Crippen LogP contribution is 2.45. The molecule has 0 N–H and O–H groups in total. The first-order chi connectivity index (χ1) is 11.7. The van der Waals surface area contributed by atoms with Crippen molar-refractivity contribution in [1.29, 1.82) is 26.3 Å². The molecule has 0 bridgehead atoms. The number of nitrogens with zero attached hydrogens (tertiary/aromatic N) is 7. The van der Waals surface area contributed by atoms with E-state index in [9.17, 15) is 15.8 Å². The molecule has 1 aliphatic carbocycles. The zero-order chi connectivity index (χ0) is 17.3. The minimum atomic E-state index is -0.236. The second kappa shape index (κ2) is 5.36. The van der Waals surface area contributed by atoms with Gasteiger partial charge in [0.25, 0.3) is 0 Å². The Balaban J connectivity index is 2.56. The molecule has 1 heterocycles. The summed E-state index contributed by atoms with van der Waals surface area (Å²) >= 11 is 0. The Morgan fingerprint density at radius 2 is 1.42 bits per heavy atom. The van der Waals surface area contributed by atoms with Crippen LogP contribution in [0.25, 0.3) is 16.8 Å². The van der Waals surface area contributed by atoms with Gasteiger partial charge in [0.2, 0.25) is 0 Å². The van der Waals surface area contributed by atoms with Gasteiger partial charge in [-0.05, 0) is 6.07 Å². The molecule has 106 valence electrons. The average Bonchev–Trinajstić information content (AvgIpc) is 2.95. The van der Waals surface area contributed by atoms with Crippen molar-refractivity contribution in [3.63, 3.8) is 0 Å². The van der Waals surface area contributed by atoms with Crippen molar-refractivity contribution in [3.8, 4) is 41.6 Å². The summed E-state index contributed by atoms with van der Waals surface area (Å²) in [7, 11) is 0. The van der Waals surface area contributed by atoms with Crippen LogP contribution < -0.4 is 0 Å². The normalized spacial score (nSPS) is 10.2. The average molecular weight is 305 g/mol. The van der Waals surface area contributed by atoms with E-state index < -0.39 is 0 Å². The fourth-order valence-electron chi connectivity index (χ4n) is 2.56. The molecule has 3 rings (SSSR count). The molecule has 0 atom stereocenters. The molecule has 1 aromatic carbocycles. The van der Waals surface area contributed by atoms with Crippen LogP contribution in [0.1, 0.15) is 28.2 Å². The summed E-state index contributed by atoms with van der Waals surface area (Å²) in [5, 5.41) is 46.1. The lowest BCUT2D eigenvalue weighted by atomic mass is 9.97. The summed E-state index contributed by atoms with van der Waals surface area (Å²) in [6.45, 7) is 0. The number of hydrogen-bond donors (Lipinski definition) is 0. The van der Waals surface area contributed by atoms with E-state index in [1.165, 1.54) is 0 Å². The zero-order valence-corrected chi connectivity index (χ0v) is 11.9. The highest BCUT2D eigenvalue weighted by molar-refractivity contribution is 6.03. The van der Waals surface area contributed by atoms with E-state index in [0.717, 1.165) is 0 Å². The highest BCUT2D eigenvalue weighted by atomic mass is 14.9. The molecule has 0 saturated heterocycles. The topological polar surface area (TPSA) is 145 Å². The van der Waals surface area contributed by atoms with Crippen molar-refractivity contribution in [2.75, 3.05) is 0 Å². The van der Waals surface area contributed by atoms with Crippen molar-refractivity contribution in [3.05, 3.63) is 52.0 Å². The monoisotopic (exact) mass is 305 g/mol. The van der Waals surface area contributed by atoms with Gasteiger partial charge >= 0.3 is 0 Å². The van der Waals surface area contributed by atoms with Gasteiger partial charge in [0.1, 0.15) is 35.5 Å². The maximum Gasteiger partial charge on any atom is 0.177 e. The smallest absolute Gasteiger partial charge is 0.177 e. The van der Waals surface area contributed by atoms with Gasteiger partial charge in [-0.1, -0.05) is 12.1 Å². The first-order valence-corrected chi connectivity index (χ1v) is 6.51. The van der Waals surface area contributed by atoms with Crippen LogP contribution in [0.4, 0.5) is 0 Å². The van der Waals surface area contributed by atoms with Crippen LogP contribution in [-0.2, 0) is 0 Å². The summed E-state index contributed by atoms with van der Waals surface area (Å²) in [5.41, 5.74) is 1.12. The van der Waals surface area contributed by atoms with Crippen LogP contribution in [0, 0.1) is 56.7 Å². The minimum absolute atomic E-state index is 0.152. The number of hydrogen-bond acceptors (Lipinski definition) is 7. The lowest BCUT2D eigenvalue weighted by Crippen LogP contribution is -2.00. The van der Waals surface area contributed by atoms with Gasteiger partial charge in [0, 0.05) is 16.7 Å². The Labute approximate surface area is 136 Å². The number of allylic oxidation sites excluding steroid dienone is 1. The molecule has 0 unspecified atom stereocenters. The lowest BCUT2D eigenvalue weighted by Gasteiger charge is -2.03. The molecule has 24 heavy (non-hydrogen) atoms. The first kappa shape index (κ1) is 14.4. The molecular weight excluding hydrogens is 302 g/mol. The van der Waals surface area contributed by atoms with E-state index in [-0.39, 0.29) is 39.5 Å². The van der Waals surface area contributed by atoms with Crippen LogP contribution in [0.3, 0.4) is 0 Å². The van der Waals surface area contributed by atoms with Crippen LogP contribution in [0.2, 0.25) is 0 Å². The van der Waals surface area contributed by atoms with Gasteiger partial charge in [-0.25, -0.2) is 9.97 Å². The first-order valence-electron chi connectivity index (χ1n) is 6.51. The number of nitriles is 5. The SMILES string of the molecule is N#CC(C#N)=C1c2nc(C#N)c(C#N)nc2-c2cccc(C#N)c21. The maximum atomic E-state index is 9.34. The molecule has 0 spiro atoms. The molecule has 1 aromatic heterocycles. The molecule has 0 aliphatic heterocycles. The maximum absolute atomic E-state index is 9.34. The molecule has 1 aliphatic rings. The molecule has 7 heteroatoms. The summed E-state index contributed by atoms with van der Waals surface area (Å²) in [5.74, 6) is 0. The molecule has 2 aromatic rings. The van der Waals surface area contributed by atoms with E-state index >= 15 is 0 Å². The summed E-state index contributed by atoms with van der Waals surface area (Å²) in [6.07, 6.45) is 0. The fourth-order valence-corrected chi connectivity index (χ4v) is 2.56. The van der Waals surface area contributed by atoms with Crippen molar-refractivity contribution < 1.29 is 0 Å². The number of rotatable bonds is 0. The predicted octanol–water partition coefficient (Wildman–Crippen LogP) is 1.92. The van der Waals surface area contributed by atoms with E-state index in [1.54, 1.807) is 42.5 Å². The number of benzene rings is 1. The Bertz CT molecular complexity index is 1140. The van der Waals surface area contributed by atoms with Gasteiger partial charge in [-0.15, -0.1) is 0 Å². The number of fused-ring (bicyclic) bond motifs is 3. The third-order valence-corrected chi connectivity index (χ3v) is 3.51. The van der Waals surface area contributed by atoms with Gasteiger partial charge in [-0.3, -0.25) is 0 Å². The van der Waals surface area contributed by atoms with Gasteiger partial charge < -0.3 is 0 Å². The standard InChI is InChI=1S/C17H3N7/c18-4-9-2-1-3-11-14(9)15(10(5-19)6-20)17-16(11)23-12(7-21)13(8-22)24-17/h1-3H. The minimum Gasteiger partial charge on any atom is -0.232 e. The lowest BCUT2D eigenvalue weighted by molar-refractivity contribution is 1.12. The molecule has 0 radical (unpaired) electrons. The number of aromatic nitrogens is 2. The summed E-state index contributed by atoms with van der Waals surface area (Å²) in [6, 6.07) is 14.0. The Hall–Kier alpha value is -4.51. The van der Waals surface area contributed by atoms with Crippen LogP contribution in [0.15, 0.2) is 23.8 Å². The van der Waals surface area contributed by atoms with Crippen molar-refractivity contribution >= 4 is 5.57 Å². The fraction of sp³-hybridized carbons (Fsp3) is 0. The van der Waals surface area contributed by atoms with E-state index in [1.807, 2.05) is 6.07 Å². The van der Waals surface area contributed by atoms with Crippen LogP contribution in [0.5, 0.6) is 0 Å².